The van der Waals surface area contributed by atoms with Crippen LogP contribution in [-0.2, 0) is 6.54 Å². The van der Waals surface area contributed by atoms with E-state index in [1.165, 1.54) is 12.1 Å². The fraction of sp³-hybridized carbons (Fsp3) is 0.500. The Bertz CT molecular complexity index is 331. The number of hydrogen-bond donors (Lipinski definition) is 1. The molecule has 0 aliphatic carbocycles. The van der Waals surface area contributed by atoms with Gasteiger partial charge in [0.05, 0.1) is 0 Å². The van der Waals surface area contributed by atoms with Crippen LogP contribution in [0.2, 0.25) is 0 Å². The third-order valence-corrected chi connectivity index (χ3v) is 3.50. The molecule has 16 heavy (non-hydrogen) atoms. The third-order valence-electron chi connectivity index (χ3n) is 2.46. The summed E-state index contributed by atoms with van der Waals surface area (Å²) < 4.78 is 25.8. The smallest absolute Gasteiger partial charge is 0.130 e. The summed E-state index contributed by atoms with van der Waals surface area (Å²) in [7, 11) is 0. The maximum atomic E-state index is 13.2. The van der Waals surface area contributed by atoms with Crippen molar-refractivity contribution in [2.75, 3.05) is 12.8 Å². The van der Waals surface area contributed by atoms with E-state index in [0.29, 0.717) is 17.4 Å². The minimum Gasteiger partial charge on any atom is -0.313 e. The van der Waals surface area contributed by atoms with Crippen molar-refractivity contribution in [2.45, 2.75) is 25.1 Å². The SMILES string of the molecule is CSC(C)CCNCc1ccc(F)cc1F. The molecule has 4 heteroatoms. The van der Waals surface area contributed by atoms with Gasteiger partial charge in [-0.25, -0.2) is 8.78 Å². The second-order valence-electron chi connectivity index (χ2n) is 3.75. The van der Waals surface area contributed by atoms with Crippen molar-refractivity contribution >= 4 is 11.8 Å². The number of rotatable bonds is 6. The van der Waals surface area contributed by atoms with Crippen LogP contribution in [0, 0.1) is 11.6 Å². The maximum Gasteiger partial charge on any atom is 0.130 e. The van der Waals surface area contributed by atoms with Crippen LogP contribution in [0.3, 0.4) is 0 Å². The lowest BCUT2D eigenvalue weighted by molar-refractivity contribution is 0.557. The van der Waals surface area contributed by atoms with Crippen LogP contribution in [0.1, 0.15) is 18.9 Å². The molecule has 1 aromatic carbocycles. The van der Waals surface area contributed by atoms with E-state index in [9.17, 15) is 8.78 Å². The van der Waals surface area contributed by atoms with Crippen molar-refractivity contribution in [2.24, 2.45) is 0 Å². The van der Waals surface area contributed by atoms with Gasteiger partial charge in [-0.1, -0.05) is 13.0 Å². The van der Waals surface area contributed by atoms with Gasteiger partial charge in [0.1, 0.15) is 11.6 Å². The van der Waals surface area contributed by atoms with Gasteiger partial charge in [0.25, 0.3) is 0 Å². The quantitative estimate of drug-likeness (QED) is 0.772. The van der Waals surface area contributed by atoms with E-state index < -0.39 is 11.6 Å². The van der Waals surface area contributed by atoms with Gasteiger partial charge in [-0.15, -0.1) is 0 Å². The number of hydrogen-bond acceptors (Lipinski definition) is 2. The topological polar surface area (TPSA) is 12.0 Å². The van der Waals surface area contributed by atoms with Gasteiger partial charge in [0.2, 0.25) is 0 Å². The van der Waals surface area contributed by atoms with Crippen molar-refractivity contribution in [1.29, 1.82) is 0 Å². The molecule has 1 unspecified atom stereocenters. The molecular weight excluding hydrogens is 228 g/mol. The zero-order valence-corrected chi connectivity index (χ0v) is 10.4. The molecule has 0 spiro atoms. The molecule has 0 aliphatic rings. The summed E-state index contributed by atoms with van der Waals surface area (Å²) in [6.07, 6.45) is 3.12. The molecule has 90 valence electrons. The Labute approximate surface area is 99.6 Å². The Morgan fingerprint density at radius 2 is 2.12 bits per heavy atom. The molecular formula is C12H17F2NS. The molecule has 1 nitrogen and oxygen atoms in total. The first-order valence-electron chi connectivity index (χ1n) is 5.31. The second-order valence-corrected chi connectivity index (χ2v) is 5.02. The fourth-order valence-corrected chi connectivity index (χ4v) is 1.66. The molecule has 0 bridgehead atoms. The summed E-state index contributed by atoms with van der Waals surface area (Å²) in [4.78, 5) is 0. The first kappa shape index (κ1) is 13.5. The Hall–Kier alpha value is -0.610. The minimum absolute atomic E-state index is 0.452. The summed E-state index contributed by atoms with van der Waals surface area (Å²) in [6, 6.07) is 3.68. The van der Waals surface area contributed by atoms with Crippen molar-refractivity contribution < 1.29 is 8.78 Å². The Kier molecular flexibility index (Phi) is 5.77. The highest BCUT2D eigenvalue weighted by molar-refractivity contribution is 7.99. The summed E-state index contributed by atoms with van der Waals surface area (Å²) >= 11 is 1.81. The summed E-state index contributed by atoms with van der Waals surface area (Å²) in [5.41, 5.74) is 0.512. The maximum absolute atomic E-state index is 13.2. The Morgan fingerprint density at radius 1 is 1.38 bits per heavy atom. The zero-order chi connectivity index (χ0) is 12.0. The molecule has 1 rings (SSSR count). The predicted octanol–water partition coefficient (Wildman–Crippen LogP) is 3.20. The van der Waals surface area contributed by atoms with Crippen LogP contribution < -0.4 is 5.32 Å². The molecule has 1 atom stereocenters. The highest BCUT2D eigenvalue weighted by atomic mass is 32.2. The normalized spacial score (nSPS) is 12.8. The third kappa shape index (κ3) is 4.49. The van der Waals surface area contributed by atoms with E-state index in [0.717, 1.165) is 19.0 Å². The van der Waals surface area contributed by atoms with Gasteiger partial charge in [0, 0.05) is 23.4 Å². The van der Waals surface area contributed by atoms with Gasteiger partial charge >= 0.3 is 0 Å². The van der Waals surface area contributed by atoms with Crippen LogP contribution in [0.15, 0.2) is 18.2 Å². The van der Waals surface area contributed by atoms with Gasteiger partial charge in [-0.2, -0.15) is 11.8 Å². The lowest BCUT2D eigenvalue weighted by Crippen LogP contribution is -2.18. The minimum atomic E-state index is -0.530. The molecule has 0 heterocycles. The van der Waals surface area contributed by atoms with Gasteiger partial charge in [-0.3, -0.25) is 0 Å². The van der Waals surface area contributed by atoms with Crippen LogP contribution in [-0.4, -0.2) is 18.1 Å². The van der Waals surface area contributed by atoms with E-state index in [2.05, 4.69) is 18.5 Å². The van der Waals surface area contributed by atoms with Crippen LogP contribution in [0.25, 0.3) is 0 Å². The van der Waals surface area contributed by atoms with Crippen molar-refractivity contribution in [3.05, 3.63) is 35.4 Å². The largest absolute Gasteiger partial charge is 0.313 e. The molecule has 0 radical (unpaired) electrons. The number of halogens is 2. The molecule has 1 aromatic rings. The lowest BCUT2D eigenvalue weighted by atomic mass is 10.2. The van der Waals surface area contributed by atoms with E-state index in [1.54, 1.807) is 0 Å². The first-order chi connectivity index (χ1) is 7.63. The van der Waals surface area contributed by atoms with Crippen molar-refractivity contribution in [3.63, 3.8) is 0 Å². The van der Waals surface area contributed by atoms with Gasteiger partial charge < -0.3 is 5.32 Å². The number of thioether (sulfide) groups is 1. The summed E-state index contributed by atoms with van der Waals surface area (Å²) in [5, 5.41) is 3.75. The van der Waals surface area contributed by atoms with Crippen LogP contribution in [0.5, 0.6) is 0 Å². The Morgan fingerprint density at radius 3 is 2.75 bits per heavy atom. The first-order valence-corrected chi connectivity index (χ1v) is 6.59. The zero-order valence-electron chi connectivity index (χ0n) is 9.59. The molecule has 0 fully saturated rings. The monoisotopic (exact) mass is 245 g/mol. The number of nitrogens with one attached hydrogen (secondary N) is 1. The lowest BCUT2D eigenvalue weighted by Gasteiger charge is -2.09. The summed E-state index contributed by atoms with van der Waals surface area (Å²) in [6.45, 7) is 3.46. The highest BCUT2D eigenvalue weighted by Gasteiger charge is 2.03. The molecule has 1 N–H and O–H groups in total. The second kappa shape index (κ2) is 6.86. The van der Waals surface area contributed by atoms with E-state index in [-0.39, 0.29) is 0 Å². The number of benzene rings is 1. The van der Waals surface area contributed by atoms with Gasteiger partial charge in [0.15, 0.2) is 0 Å². The standard InChI is InChI=1S/C12H17F2NS/c1-9(16-2)5-6-15-8-10-3-4-11(13)7-12(10)14/h3-4,7,9,15H,5-6,8H2,1-2H3. The molecule has 0 aliphatic heterocycles. The fourth-order valence-electron chi connectivity index (χ4n) is 1.31. The van der Waals surface area contributed by atoms with Crippen LogP contribution in [0.4, 0.5) is 8.78 Å². The molecule has 0 amide bonds. The van der Waals surface area contributed by atoms with Crippen LogP contribution >= 0.6 is 11.8 Å². The average Bonchev–Trinajstić information content (AvgIpc) is 2.26. The Balaban J connectivity index is 2.32. The van der Waals surface area contributed by atoms with E-state index >= 15 is 0 Å². The van der Waals surface area contributed by atoms with E-state index in [1.807, 2.05) is 11.8 Å². The van der Waals surface area contributed by atoms with E-state index in [4.69, 9.17) is 0 Å². The summed E-state index contributed by atoms with van der Waals surface area (Å²) in [5.74, 6) is -1.01. The van der Waals surface area contributed by atoms with Crippen molar-refractivity contribution in [3.8, 4) is 0 Å². The molecule has 0 aromatic heterocycles. The predicted molar refractivity (Wildman–Crippen MR) is 65.7 cm³/mol. The molecule has 0 saturated carbocycles. The average molecular weight is 245 g/mol. The molecule has 0 saturated heterocycles. The van der Waals surface area contributed by atoms with Gasteiger partial charge in [-0.05, 0) is 25.3 Å². The highest BCUT2D eigenvalue weighted by Crippen LogP contribution is 2.10. The van der Waals surface area contributed by atoms with Crippen molar-refractivity contribution in [1.82, 2.24) is 5.32 Å².